The molecule has 0 spiro atoms. The van der Waals surface area contributed by atoms with E-state index in [9.17, 15) is 9.59 Å². The summed E-state index contributed by atoms with van der Waals surface area (Å²) in [4.78, 5) is 24.1. The number of hydrogen-bond donors (Lipinski definition) is 2. The predicted octanol–water partition coefficient (Wildman–Crippen LogP) is 2.75. The first kappa shape index (κ1) is 20.8. The van der Waals surface area contributed by atoms with Crippen molar-refractivity contribution in [3.63, 3.8) is 0 Å². The molecule has 2 N–H and O–H groups in total. The number of nitrogens with one attached hydrogen (secondary N) is 2. The molecule has 0 saturated heterocycles. The van der Waals surface area contributed by atoms with E-state index < -0.39 is 11.8 Å². The number of ether oxygens (including phenoxy) is 3. The number of carbonyl (C=O) groups excluding carboxylic acids is 2. The van der Waals surface area contributed by atoms with Crippen molar-refractivity contribution in [1.82, 2.24) is 10.9 Å². The number of carbonyl (C=O) groups is 2. The maximum Gasteiger partial charge on any atom is 0.269 e. The van der Waals surface area contributed by atoms with E-state index >= 15 is 0 Å². The topological polar surface area (TPSA) is 85.9 Å². The molecule has 0 saturated carbocycles. The van der Waals surface area contributed by atoms with Crippen LogP contribution in [-0.4, -0.2) is 33.1 Å². The molecule has 7 heteroatoms. The summed E-state index contributed by atoms with van der Waals surface area (Å²) in [6.07, 6.45) is 3.73. The molecule has 0 heterocycles. The summed E-state index contributed by atoms with van der Waals surface area (Å²) < 4.78 is 15.8. The van der Waals surface area contributed by atoms with Crippen LogP contribution in [0.1, 0.15) is 28.4 Å². The number of hydrogen-bond acceptors (Lipinski definition) is 5. The molecular formula is C21H24N2O5. The van der Waals surface area contributed by atoms with Crippen molar-refractivity contribution in [3.05, 3.63) is 59.2 Å². The van der Waals surface area contributed by atoms with Gasteiger partial charge >= 0.3 is 0 Å². The molecule has 2 aromatic rings. The van der Waals surface area contributed by atoms with Crippen LogP contribution in [0.3, 0.4) is 0 Å². The Bertz CT molecular complexity index is 860. The fourth-order valence-corrected chi connectivity index (χ4v) is 2.47. The molecule has 148 valence electrons. The third-order valence-corrected chi connectivity index (χ3v) is 4.07. The minimum Gasteiger partial charge on any atom is -0.496 e. The van der Waals surface area contributed by atoms with Crippen LogP contribution in [0.2, 0.25) is 0 Å². The molecule has 7 nitrogen and oxygen atoms in total. The first-order chi connectivity index (χ1) is 13.5. The summed E-state index contributed by atoms with van der Waals surface area (Å²) in [5.74, 6) is 0.653. The van der Waals surface area contributed by atoms with E-state index in [1.807, 2.05) is 19.1 Å². The Morgan fingerprint density at radius 2 is 1.50 bits per heavy atom. The average Bonchev–Trinajstić information content (AvgIpc) is 2.75. The fraction of sp³-hybridized carbons (Fsp3) is 0.238. The highest BCUT2D eigenvalue weighted by atomic mass is 16.5. The van der Waals surface area contributed by atoms with Crippen LogP contribution in [0.4, 0.5) is 0 Å². The molecule has 2 rings (SSSR count). The van der Waals surface area contributed by atoms with Gasteiger partial charge in [-0.2, -0.15) is 0 Å². The Labute approximate surface area is 164 Å². The van der Waals surface area contributed by atoms with Gasteiger partial charge in [0.2, 0.25) is 0 Å². The van der Waals surface area contributed by atoms with Crippen molar-refractivity contribution in [2.24, 2.45) is 0 Å². The number of amides is 2. The van der Waals surface area contributed by atoms with Crippen molar-refractivity contribution in [2.45, 2.75) is 13.3 Å². The molecule has 2 amide bonds. The Morgan fingerprint density at radius 1 is 0.893 bits per heavy atom. The molecule has 0 fully saturated rings. The molecule has 0 aromatic heterocycles. The zero-order valence-electron chi connectivity index (χ0n) is 16.4. The zero-order chi connectivity index (χ0) is 20.5. The van der Waals surface area contributed by atoms with Crippen molar-refractivity contribution >= 4 is 17.9 Å². The minimum absolute atomic E-state index is 0.395. The summed E-state index contributed by atoms with van der Waals surface area (Å²) >= 11 is 0. The van der Waals surface area contributed by atoms with Gasteiger partial charge in [-0.1, -0.05) is 19.1 Å². The van der Waals surface area contributed by atoms with Crippen molar-refractivity contribution in [1.29, 1.82) is 0 Å². The lowest BCUT2D eigenvalue weighted by Gasteiger charge is -2.12. The van der Waals surface area contributed by atoms with E-state index in [1.54, 1.807) is 30.3 Å². The molecule has 2 aromatic carbocycles. The normalized spacial score (nSPS) is 10.4. The lowest BCUT2D eigenvalue weighted by molar-refractivity contribution is -0.117. The van der Waals surface area contributed by atoms with Gasteiger partial charge in [0.25, 0.3) is 11.8 Å². The van der Waals surface area contributed by atoms with E-state index in [0.29, 0.717) is 28.4 Å². The molecule has 0 aliphatic rings. The van der Waals surface area contributed by atoms with Crippen LogP contribution in [0, 0.1) is 0 Å². The van der Waals surface area contributed by atoms with Crippen LogP contribution in [0.25, 0.3) is 6.08 Å². The summed E-state index contributed by atoms with van der Waals surface area (Å²) in [6, 6.07) is 10.5. The van der Waals surface area contributed by atoms with Gasteiger partial charge in [-0.25, -0.2) is 0 Å². The lowest BCUT2D eigenvalue weighted by Crippen LogP contribution is -2.40. The number of methoxy groups -OCH3 is 3. The van der Waals surface area contributed by atoms with Gasteiger partial charge in [0, 0.05) is 23.3 Å². The summed E-state index contributed by atoms with van der Waals surface area (Å²) in [7, 11) is 4.56. The van der Waals surface area contributed by atoms with Gasteiger partial charge in [0.15, 0.2) is 11.5 Å². The Morgan fingerprint density at radius 3 is 2.07 bits per heavy atom. The smallest absolute Gasteiger partial charge is 0.269 e. The number of hydrazine groups is 1. The molecular weight excluding hydrogens is 360 g/mol. The van der Waals surface area contributed by atoms with E-state index in [2.05, 4.69) is 10.9 Å². The van der Waals surface area contributed by atoms with Gasteiger partial charge in [0.1, 0.15) is 5.75 Å². The maximum absolute atomic E-state index is 12.1. The van der Waals surface area contributed by atoms with Gasteiger partial charge in [-0.3, -0.25) is 20.4 Å². The predicted molar refractivity (Wildman–Crippen MR) is 107 cm³/mol. The monoisotopic (exact) mass is 384 g/mol. The third-order valence-electron chi connectivity index (χ3n) is 4.07. The number of benzene rings is 2. The van der Waals surface area contributed by atoms with Crippen LogP contribution in [0.5, 0.6) is 17.2 Å². The quantitative estimate of drug-likeness (QED) is 0.566. The zero-order valence-corrected chi connectivity index (χ0v) is 16.4. The Balaban J connectivity index is 2.02. The molecule has 0 unspecified atom stereocenters. The van der Waals surface area contributed by atoms with Crippen LogP contribution in [-0.2, 0) is 11.2 Å². The second-order valence-electron chi connectivity index (χ2n) is 5.78. The van der Waals surface area contributed by atoms with Crippen molar-refractivity contribution in [3.8, 4) is 17.2 Å². The van der Waals surface area contributed by atoms with Gasteiger partial charge in [-0.15, -0.1) is 0 Å². The molecule has 0 radical (unpaired) electrons. The second kappa shape index (κ2) is 10.0. The van der Waals surface area contributed by atoms with Gasteiger partial charge in [0.05, 0.1) is 21.3 Å². The second-order valence-corrected chi connectivity index (χ2v) is 5.78. The van der Waals surface area contributed by atoms with E-state index in [1.165, 1.54) is 27.4 Å². The van der Waals surface area contributed by atoms with Gasteiger partial charge < -0.3 is 14.2 Å². The standard InChI is InChI=1S/C21H24N2O5/c1-5-14-6-8-15(9-7-14)21(25)23-22-20(24)11-10-16-12-18(27-3)19(28-4)13-17(16)26-2/h6-13H,5H2,1-4H3,(H,22,24)(H,23,25)/b11-10+. The van der Waals surface area contributed by atoms with Crippen molar-refractivity contribution in [2.75, 3.05) is 21.3 Å². The van der Waals surface area contributed by atoms with E-state index in [-0.39, 0.29) is 0 Å². The largest absolute Gasteiger partial charge is 0.496 e. The number of aryl methyl sites for hydroxylation is 1. The van der Waals surface area contributed by atoms with Crippen molar-refractivity contribution < 1.29 is 23.8 Å². The summed E-state index contributed by atoms with van der Waals surface area (Å²) in [5.41, 5.74) is 6.94. The fourth-order valence-electron chi connectivity index (χ4n) is 2.47. The highest BCUT2D eigenvalue weighted by Crippen LogP contribution is 2.35. The SMILES string of the molecule is CCc1ccc(C(=O)NNC(=O)/C=C/c2cc(OC)c(OC)cc2OC)cc1. The first-order valence-corrected chi connectivity index (χ1v) is 8.69. The number of rotatable bonds is 7. The Kier molecular flexibility index (Phi) is 7.45. The Hall–Kier alpha value is -3.48. The highest BCUT2D eigenvalue weighted by molar-refractivity contribution is 5.98. The van der Waals surface area contributed by atoms with E-state index in [4.69, 9.17) is 14.2 Å². The van der Waals surface area contributed by atoms with Crippen LogP contribution in [0.15, 0.2) is 42.5 Å². The summed E-state index contributed by atoms with van der Waals surface area (Å²) in [6.45, 7) is 2.04. The summed E-state index contributed by atoms with van der Waals surface area (Å²) in [5, 5.41) is 0. The van der Waals surface area contributed by atoms with Crippen LogP contribution >= 0.6 is 0 Å². The molecule has 0 bridgehead atoms. The van der Waals surface area contributed by atoms with Gasteiger partial charge in [-0.05, 0) is 36.3 Å². The van der Waals surface area contributed by atoms with Crippen LogP contribution < -0.4 is 25.1 Å². The molecule has 0 atom stereocenters. The third kappa shape index (κ3) is 5.26. The minimum atomic E-state index is -0.490. The highest BCUT2D eigenvalue weighted by Gasteiger charge is 2.11. The molecule has 0 aliphatic heterocycles. The average molecular weight is 384 g/mol. The maximum atomic E-state index is 12.1. The first-order valence-electron chi connectivity index (χ1n) is 8.69. The molecule has 28 heavy (non-hydrogen) atoms. The lowest BCUT2D eigenvalue weighted by atomic mass is 10.1. The molecule has 0 aliphatic carbocycles. The van der Waals surface area contributed by atoms with E-state index in [0.717, 1.165) is 12.0 Å².